The van der Waals surface area contributed by atoms with Gasteiger partial charge in [0.2, 0.25) is 0 Å². The van der Waals surface area contributed by atoms with Gasteiger partial charge in [0.05, 0.1) is 6.61 Å². The standard InChI is InChI=1S/C21H32O4/c1-4-5-6-7-10-15-24-20(22)11-8-9-12-21(23)25-19-14-13-17(2)18(3)16-19/h13-14,16H,4-12,15H2,1-3H3. The summed E-state index contributed by atoms with van der Waals surface area (Å²) in [6.45, 7) is 6.70. The average Bonchev–Trinajstić information content (AvgIpc) is 2.58. The lowest BCUT2D eigenvalue weighted by molar-refractivity contribution is -0.144. The molecule has 140 valence electrons. The van der Waals surface area contributed by atoms with Crippen molar-refractivity contribution in [2.75, 3.05) is 6.61 Å². The van der Waals surface area contributed by atoms with E-state index >= 15 is 0 Å². The fraction of sp³-hybridized carbons (Fsp3) is 0.619. The van der Waals surface area contributed by atoms with Gasteiger partial charge in [0, 0.05) is 12.8 Å². The molecule has 1 rings (SSSR count). The maximum Gasteiger partial charge on any atom is 0.311 e. The van der Waals surface area contributed by atoms with E-state index < -0.39 is 0 Å². The molecule has 0 aliphatic carbocycles. The number of carbonyl (C=O) groups is 2. The Morgan fingerprint density at radius 3 is 2.20 bits per heavy atom. The Kier molecular flexibility index (Phi) is 10.6. The zero-order valence-corrected chi connectivity index (χ0v) is 15.9. The van der Waals surface area contributed by atoms with Crippen molar-refractivity contribution < 1.29 is 19.1 Å². The number of hydrogen-bond donors (Lipinski definition) is 0. The Balaban J connectivity index is 2.07. The van der Waals surface area contributed by atoms with Crippen molar-refractivity contribution in [1.82, 2.24) is 0 Å². The maximum absolute atomic E-state index is 11.8. The summed E-state index contributed by atoms with van der Waals surface area (Å²) in [4.78, 5) is 23.4. The van der Waals surface area contributed by atoms with Crippen LogP contribution >= 0.6 is 0 Å². The molecule has 0 bridgehead atoms. The Labute approximate surface area is 151 Å². The van der Waals surface area contributed by atoms with Crippen LogP contribution in [-0.4, -0.2) is 18.5 Å². The van der Waals surface area contributed by atoms with Gasteiger partial charge < -0.3 is 9.47 Å². The Morgan fingerprint density at radius 2 is 1.52 bits per heavy atom. The molecule has 1 aromatic carbocycles. The van der Waals surface area contributed by atoms with Crippen LogP contribution in [0.2, 0.25) is 0 Å². The van der Waals surface area contributed by atoms with Crippen LogP contribution in [0.25, 0.3) is 0 Å². The van der Waals surface area contributed by atoms with Crippen molar-refractivity contribution in [3.8, 4) is 5.75 Å². The lowest BCUT2D eigenvalue weighted by atomic mass is 10.1. The number of aryl methyl sites for hydroxylation is 2. The van der Waals surface area contributed by atoms with E-state index in [-0.39, 0.29) is 11.9 Å². The molecule has 0 atom stereocenters. The molecule has 0 aliphatic heterocycles. The first-order chi connectivity index (χ1) is 12.0. The van der Waals surface area contributed by atoms with E-state index in [1.165, 1.54) is 24.8 Å². The third-order valence-electron chi connectivity index (χ3n) is 4.23. The van der Waals surface area contributed by atoms with E-state index in [2.05, 4.69) is 6.92 Å². The molecule has 4 heteroatoms. The van der Waals surface area contributed by atoms with Gasteiger partial charge in [-0.25, -0.2) is 0 Å². The van der Waals surface area contributed by atoms with Crippen molar-refractivity contribution in [2.45, 2.75) is 78.6 Å². The molecule has 0 heterocycles. The van der Waals surface area contributed by atoms with Gasteiger partial charge in [-0.05, 0) is 56.4 Å². The van der Waals surface area contributed by atoms with Crippen molar-refractivity contribution in [3.63, 3.8) is 0 Å². The third-order valence-corrected chi connectivity index (χ3v) is 4.23. The van der Waals surface area contributed by atoms with E-state index in [1.807, 2.05) is 26.0 Å². The molecule has 0 saturated carbocycles. The highest BCUT2D eigenvalue weighted by molar-refractivity contribution is 5.72. The number of unbranched alkanes of at least 4 members (excludes halogenated alkanes) is 5. The molecular formula is C21H32O4. The molecule has 0 spiro atoms. The van der Waals surface area contributed by atoms with E-state index in [1.54, 1.807) is 6.07 Å². The fourth-order valence-corrected chi connectivity index (χ4v) is 2.46. The normalized spacial score (nSPS) is 10.5. The molecule has 0 unspecified atom stereocenters. The van der Waals surface area contributed by atoms with Crippen LogP contribution < -0.4 is 4.74 Å². The van der Waals surface area contributed by atoms with Crippen LogP contribution in [0.5, 0.6) is 5.75 Å². The van der Waals surface area contributed by atoms with Gasteiger partial charge in [-0.15, -0.1) is 0 Å². The Morgan fingerprint density at radius 1 is 0.840 bits per heavy atom. The number of carbonyl (C=O) groups excluding carboxylic acids is 2. The van der Waals surface area contributed by atoms with Gasteiger partial charge in [-0.1, -0.05) is 38.7 Å². The largest absolute Gasteiger partial charge is 0.466 e. The lowest BCUT2D eigenvalue weighted by Crippen LogP contribution is -2.09. The molecule has 0 aromatic heterocycles. The summed E-state index contributed by atoms with van der Waals surface area (Å²) in [7, 11) is 0. The van der Waals surface area contributed by atoms with Gasteiger partial charge in [-0.3, -0.25) is 9.59 Å². The molecule has 0 amide bonds. The van der Waals surface area contributed by atoms with Crippen molar-refractivity contribution >= 4 is 11.9 Å². The second kappa shape index (κ2) is 12.5. The summed E-state index contributed by atoms with van der Waals surface area (Å²) >= 11 is 0. The quantitative estimate of drug-likeness (QED) is 0.293. The number of esters is 2. The summed E-state index contributed by atoms with van der Waals surface area (Å²) in [5.74, 6) is 0.154. The molecule has 25 heavy (non-hydrogen) atoms. The number of rotatable bonds is 12. The first-order valence-corrected chi connectivity index (χ1v) is 9.46. The van der Waals surface area contributed by atoms with Gasteiger partial charge >= 0.3 is 11.9 Å². The second-order valence-corrected chi connectivity index (χ2v) is 6.56. The number of benzene rings is 1. The molecule has 0 N–H and O–H groups in total. The molecule has 0 radical (unpaired) electrons. The molecule has 4 nitrogen and oxygen atoms in total. The van der Waals surface area contributed by atoms with Gasteiger partial charge in [0.15, 0.2) is 0 Å². The minimum atomic E-state index is -0.257. The Hall–Kier alpha value is -1.84. The Bertz CT molecular complexity index is 537. The summed E-state index contributed by atoms with van der Waals surface area (Å²) in [5, 5.41) is 0. The number of ether oxygens (including phenoxy) is 2. The van der Waals surface area contributed by atoms with Gasteiger partial charge in [0.1, 0.15) is 5.75 Å². The zero-order valence-electron chi connectivity index (χ0n) is 15.9. The van der Waals surface area contributed by atoms with Crippen LogP contribution in [0, 0.1) is 13.8 Å². The fourth-order valence-electron chi connectivity index (χ4n) is 2.46. The monoisotopic (exact) mass is 348 g/mol. The third kappa shape index (κ3) is 9.90. The molecule has 0 aliphatic rings. The van der Waals surface area contributed by atoms with Gasteiger partial charge in [-0.2, -0.15) is 0 Å². The average molecular weight is 348 g/mol. The van der Waals surface area contributed by atoms with E-state index in [0.717, 1.165) is 18.4 Å². The summed E-state index contributed by atoms with van der Waals surface area (Å²) < 4.78 is 10.5. The summed E-state index contributed by atoms with van der Waals surface area (Å²) in [5.41, 5.74) is 2.27. The van der Waals surface area contributed by atoms with E-state index in [0.29, 0.717) is 38.0 Å². The lowest BCUT2D eigenvalue weighted by Gasteiger charge is -2.07. The van der Waals surface area contributed by atoms with Crippen LogP contribution in [0.1, 0.15) is 75.8 Å². The summed E-state index contributed by atoms with van der Waals surface area (Å²) in [6, 6.07) is 5.61. The van der Waals surface area contributed by atoms with Crippen molar-refractivity contribution in [1.29, 1.82) is 0 Å². The van der Waals surface area contributed by atoms with Crippen molar-refractivity contribution in [3.05, 3.63) is 29.3 Å². The molecule has 1 aromatic rings. The van der Waals surface area contributed by atoms with Crippen molar-refractivity contribution in [2.24, 2.45) is 0 Å². The first kappa shape index (κ1) is 21.2. The highest BCUT2D eigenvalue weighted by Gasteiger charge is 2.08. The second-order valence-electron chi connectivity index (χ2n) is 6.56. The first-order valence-electron chi connectivity index (χ1n) is 9.46. The minimum Gasteiger partial charge on any atom is -0.466 e. The smallest absolute Gasteiger partial charge is 0.311 e. The minimum absolute atomic E-state index is 0.169. The number of hydrogen-bond acceptors (Lipinski definition) is 4. The molecular weight excluding hydrogens is 316 g/mol. The van der Waals surface area contributed by atoms with E-state index in [4.69, 9.17) is 9.47 Å². The zero-order chi connectivity index (χ0) is 18.5. The topological polar surface area (TPSA) is 52.6 Å². The maximum atomic E-state index is 11.8. The molecule has 0 saturated heterocycles. The van der Waals surface area contributed by atoms with Crippen LogP contribution in [0.4, 0.5) is 0 Å². The van der Waals surface area contributed by atoms with E-state index in [9.17, 15) is 9.59 Å². The predicted octanol–water partition coefficient (Wildman–Crippen LogP) is 5.28. The van der Waals surface area contributed by atoms with Crippen LogP contribution in [-0.2, 0) is 14.3 Å². The molecule has 0 fully saturated rings. The predicted molar refractivity (Wildman–Crippen MR) is 99.7 cm³/mol. The highest BCUT2D eigenvalue weighted by atomic mass is 16.5. The SMILES string of the molecule is CCCCCCCOC(=O)CCCCC(=O)Oc1ccc(C)c(C)c1. The van der Waals surface area contributed by atoms with Crippen LogP contribution in [0.3, 0.4) is 0 Å². The van der Waals surface area contributed by atoms with Crippen LogP contribution in [0.15, 0.2) is 18.2 Å². The highest BCUT2D eigenvalue weighted by Crippen LogP contribution is 2.17. The van der Waals surface area contributed by atoms with Gasteiger partial charge in [0.25, 0.3) is 0 Å². The summed E-state index contributed by atoms with van der Waals surface area (Å²) in [6.07, 6.45) is 7.68.